The first-order chi connectivity index (χ1) is 11.4. The number of carbonyl (C=O) groups is 2. The molecule has 2 aromatic rings. The molecule has 2 aromatic carbocycles. The summed E-state index contributed by atoms with van der Waals surface area (Å²) in [7, 11) is 0. The molecule has 0 fully saturated rings. The topological polar surface area (TPSA) is 69.4 Å². The van der Waals surface area contributed by atoms with Crippen molar-refractivity contribution in [3.05, 3.63) is 68.7 Å². The maximum absolute atomic E-state index is 12.3. The molecule has 0 spiro atoms. The van der Waals surface area contributed by atoms with Gasteiger partial charge in [0.1, 0.15) is 5.75 Å². The minimum absolute atomic E-state index is 0.263. The van der Waals surface area contributed by atoms with Crippen molar-refractivity contribution in [1.29, 1.82) is 0 Å². The number of hydrogen-bond donors (Lipinski definition) is 1. The molecule has 0 saturated heterocycles. The highest BCUT2D eigenvalue weighted by Crippen LogP contribution is 2.32. The van der Waals surface area contributed by atoms with Crippen LogP contribution in [0.2, 0.25) is 15.1 Å². The predicted octanol–water partition coefficient (Wildman–Crippen LogP) is 4.41. The van der Waals surface area contributed by atoms with E-state index in [-0.39, 0.29) is 17.4 Å². The van der Waals surface area contributed by atoms with Crippen molar-refractivity contribution in [2.45, 2.75) is 0 Å². The van der Waals surface area contributed by atoms with E-state index in [1.807, 2.05) is 0 Å². The molecule has 4 nitrogen and oxygen atoms in total. The summed E-state index contributed by atoms with van der Waals surface area (Å²) in [6.07, 6.45) is 2.83. The fourth-order valence-corrected chi connectivity index (χ4v) is 2.51. The number of carbonyl (C=O) groups excluding carboxylic acids is 2. The van der Waals surface area contributed by atoms with E-state index in [0.29, 0.717) is 26.9 Å². The maximum atomic E-state index is 12.3. The van der Waals surface area contributed by atoms with Crippen LogP contribution in [0.25, 0.3) is 6.08 Å². The van der Waals surface area contributed by atoms with E-state index in [9.17, 15) is 9.59 Å². The van der Waals surface area contributed by atoms with Crippen LogP contribution in [-0.2, 0) is 4.79 Å². The van der Waals surface area contributed by atoms with Gasteiger partial charge in [-0.3, -0.25) is 9.59 Å². The molecule has 0 aliphatic carbocycles. The molecule has 1 amide bonds. The number of benzene rings is 2. The van der Waals surface area contributed by atoms with Crippen molar-refractivity contribution in [1.82, 2.24) is 0 Å². The van der Waals surface area contributed by atoms with E-state index in [2.05, 4.69) is 0 Å². The molecular weight excluding hydrogens is 373 g/mol. The largest absolute Gasteiger partial charge is 0.484 e. The number of halogens is 3. The molecule has 2 rings (SSSR count). The lowest BCUT2D eigenvalue weighted by atomic mass is 10.1. The summed E-state index contributed by atoms with van der Waals surface area (Å²) < 4.78 is 5.16. The Balaban J connectivity index is 2.20. The molecule has 0 aliphatic rings. The van der Waals surface area contributed by atoms with Gasteiger partial charge < -0.3 is 10.5 Å². The number of allylic oxidation sites excluding steroid dienone is 1. The van der Waals surface area contributed by atoms with E-state index in [1.165, 1.54) is 18.2 Å². The van der Waals surface area contributed by atoms with Crippen molar-refractivity contribution in [3.63, 3.8) is 0 Å². The lowest BCUT2D eigenvalue weighted by Gasteiger charge is -2.05. The molecule has 0 unspecified atom stereocenters. The van der Waals surface area contributed by atoms with Gasteiger partial charge in [0.25, 0.3) is 5.91 Å². The lowest BCUT2D eigenvalue weighted by molar-refractivity contribution is -0.119. The fraction of sp³-hybridized carbons (Fsp3) is 0.0588. The highest BCUT2D eigenvalue weighted by atomic mass is 35.5. The average Bonchev–Trinajstić information content (AvgIpc) is 2.56. The second kappa shape index (κ2) is 8.20. The Hall–Kier alpha value is -2.01. The van der Waals surface area contributed by atoms with E-state index in [4.69, 9.17) is 45.3 Å². The first kappa shape index (κ1) is 18.3. The Labute approximate surface area is 153 Å². The summed E-state index contributed by atoms with van der Waals surface area (Å²) in [6, 6.07) is 9.55. The fourth-order valence-electron chi connectivity index (χ4n) is 1.84. The van der Waals surface area contributed by atoms with Gasteiger partial charge in [0.05, 0.1) is 10.0 Å². The number of primary amides is 1. The summed E-state index contributed by atoms with van der Waals surface area (Å²) in [4.78, 5) is 23.0. The summed E-state index contributed by atoms with van der Waals surface area (Å²) in [5.74, 6) is -0.518. The van der Waals surface area contributed by atoms with Gasteiger partial charge in [0, 0.05) is 16.1 Å². The normalized spacial score (nSPS) is 10.8. The highest BCUT2D eigenvalue weighted by Gasteiger charge is 2.09. The third kappa shape index (κ3) is 4.74. The van der Waals surface area contributed by atoms with Crippen LogP contribution in [0.3, 0.4) is 0 Å². The van der Waals surface area contributed by atoms with Crippen molar-refractivity contribution in [3.8, 4) is 5.75 Å². The second-order valence-electron chi connectivity index (χ2n) is 4.74. The SMILES string of the molecule is NC(=O)COc1cccc(C(=O)/C=C/c2c(Cl)ccc(Cl)c2Cl)c1. The van der Waals surface area contributed by atoms with Gasteiger partial charge in [-0.25, -0.2) is 0 Å². The Morgan fingerprint density at radius 3 is 2.50 bits per heavy atom. The molecule has 0 bridgehead atoms. The smallest absolute Gasteiger partial charge is 0.255 e. The predicted molar refractivity (Wildman–Crippen MR) is 96.0 cm³/mol. The van der Waals surface area contributed by atoms with Crippen LogP contribution in [0.5, 0.6) is 5.75 Å². The third-order valence-electron chi connectivity index (χ3n) is 2.98. The zero-order chi connectivity index (χ0) is 17.7. The number of nitrogens with two attached hydrogens (primary N) is 1. The van der Waals surface area contributed by atoms with Crippen LogP contribution in [0.4, 0.5) is 0 Å². The van der Waals surface area contributed by atoms with Crippen LogP contribution in [-0.4, -0.2) is 18.3 Å². The molecule has 0 heterocycles. The van der Waals surface area contributed by atoms with E-state index >= 15 is 0 Å². The second-order valence-corrected chi connectivity index (χ2v) is 5.93. The molecule has 2 N–H and O–H groups in total. The number of ketones is 1. The van der Waals surface area contributed by atoms with Gasteiger partial charge >= 0.3 is 0 Å². The number of amides is 1. The first-order valence-electron chi connectivity index (χ1n) is 6.75. The van der Waals surface area contributed by atoms with Crippen molar-refractivity contribution in [2.24, 2.45) is 5.73 Å². The molecule has 124 valence electrons. The third-order valence-corrected chi connectivity index (χ3v) is 4.13. The number of rotatable bonds is 6. The van der Waals surface area contributed by atoms with E-state index in [1.54, 1.807) is 30.3 Å². The number of hydrogen-bond acceptors (Lipinski definition) is 3. The molecular formula is C17H12Cl3NO3. The zero-order valence-corrected chi connectivity index (χ0v) is 14.5. The van der Waals surface area contributed by atoms with Gasteiger partial charge in [-0.1, -0.05) is 46.9 Å². The molecule has 0 aromatic heterocycles. The van der Waals surface area contributed by atoms with Gasteiger partial charge in [0.2, 0.25) is 0 Å². The van der Waals surface area contributed by atoms with Crippen LogP contribution >= 0.6 is 34.8 Å². The van der Waals surface area contributed by atoms with Crippen molar-refractivity contribution >= 4 is 52.6 Å². The van der Waals surface area contributed by atoms with Crippen LogP contribution < -0.4 is 10.5 Å². The van der Waals surface area contributed by atoms with Gasteiger partial charge in [0.15, 0.2) is 12.4 Å². The maximum Gasteiger partial charge on any atom is 0.255 e. The van der Waals surface area contributed by atoms with Gasteiger partial charge in [-0.05, 0) is 36.4 Å². The standard InChI is InChI=1S/C17H12Cl3NO3/c18-13-5-6-14(19)17(20)12(13)4-7-15(22)10-2-1-3-11(8-10)24-9-16(21)23/h1-8H,9H2,(H2,21,23)/b7-4+. The summed E-state index contributed by atoms with van der Waals surface area (Å²) in [6.45, 7) is -0.263. The van der Waals surface area contributed by atoms with Crippen LogP contribution in [0.15, 0.2) is 42.5 Å². The van der Waals surface area contributed by atoms with E-state index < -0.39 is 5.91 Å². The Morgan fingerprint density at radius 1 is 1.08 bits per heavy atom. The van der Waals surface area contributed by atoms with Crippen LogP contribution in [0, 0.1) is 0 Å². The van der Waals surface area contributed by atoms with Gasteiger partial charge in [-0.2, -0.15) is 0 Å². The molecule has 24 heavy (non-hydrogen) atoms. The minimum Gasteiger partial charge on any atom is -0.484 e. The Bertz CT molecular complexity index is 819. The first-order valence-corrected chi connectivity index (χ1v) is 7.89. The quantitative estimate of drug-likeness (QED) is 0.456. The van der Waals surface area contributed by atoms with Crippen molar-refractivity contribution in [2.75, 3.05) is 6.61 Å². The summed E-state index contributed by atoms with van der Waals surface area (Å²) in [5, 5.41) is 0.994. The summed E-state index contributed by atoms with van der Waals surface area (Å²) in [5.41, 5.74) is 5.85. The van der Waals surface area contributed by atoms with Gasteiger partial charge in [-0.15, -0.1) is 0 Å². The molecule has 0 aliphatic heterocycles. The highest BCUT2D eigenvalue weighted by molar-refractivity contribution is 6.44. The lowest BCUT2D eigenvalue weighted by Crippen LogP contribution is -2.20. The molecule has 7 heteroatoms. The van der Waals surface area contributed by atoms with Crippen molar-refractivity contribution < 1.29 is 14.3 Å². The molecule has 0 radical (unpaired) electrons. The Morgan fingerprint density at radius 2 is 1.79 bits per heavy atom. The monoisotopic (exact) mass is 383 g/mol. The minimum atomic E-state index is -0.600. The number of ether oxygens (including phenoxy) is 1. The van der Waals surface area contributed by atoms with Crippen LogP contribution in [0.1, 0.15) is 15.9 Å². The molecule has 0 atom stereocenters. The average molecular weight is 385 g/mol. The zero-order valence-electron chi connectivity index (χ0n) is 12.3. The molecule has 0 saturated carbocycles. The summed E-state index contributed by atoms with van der Waals surface area (Å²) >= 11 is 18.1. The van der Waals surface area contributed by atoms with E-state index in [0.717, 1.165) is 0 Å². The Kier molecular flexibility index (Phi) is 6.26.